The molecule has 0 spiro atoms. The minimum Gasteiger partial charge on any atom is -0.478 e. The normalized spacial score (nSPS) is 18.7. The number of carbonyl (C=O) groups is 1. The van der Waals surface area contributed by atoms with Crippen LogP contribution in [-0.4, -0.2) is 29.1 Å². The van der Waals surface area contributed by atoms with Crippen molar-refractivity contribution < 1.29 is 9.90 Å². The number of nitrogens with zero attached hydrogens (tertiary/aromatic N) is 1. The number of unbranched alkanes of at least 4 members (excludes halogenated alkanes) is 5. The van der Waals surface area contributed by atoms with Crippen molar-refractivity contribution in [3.8, 4) is 0 Å². The zero-order valence-electron chi connectivity index (χ0n) is 13.8. The number of hydrogen-bond donors (Lipinski definition) is 1. The molecule has 1 N–H and O–H groups in total. The van der Waals surface area contributed by atoms with Crippen LogP contribution in [0.4, 0.5) is 0 Å². The highest BCUT2D eigenvalue weighted by atomic mass is 16.4. The van der Waals surface area contributed by atoms with Gasteiger partial charge < -0.3 is 5.11 Å². The zero-order chi connectivity index (χ0) is 15.8. The lowest BCUT2D eigenvalue weighted by Gasteiger charge is -2.25. The molecule has 1 atom stereocenters. The first-order valence-corrected chi connectivity index (χ1v) is 8.79. The highest BCUT2D eigenvalue weighted by Gasteiger charge is 2.25. The maximum Gasteiger partial charge on any atom is 0.335 e. The molecule has 1 aliphatic heterocycles. The van der Waals surface area contributed by atoms with E-state index in [9.17, 15) is 4.79 Å². The van der Waals surface area contributed by atoms with Crippen molar-refractivity contribution >= 4 is 5.97 Å². The summed E-state index contributed by atoms with van der Waals surface area (Å²) < 4.78 is 0. The topological polar surface area (TPSA) is 40.5 Å². The third-order valence-electron chi connectivity index (χ3n) is 4.70. The van der Waals surface area contributed by atoms with Crippen LogP contribution in [0.15, 0.2) is 24.3 Å². The summed E-state index contributed by atoms with van der Waals surface area (Å²) in [6.07, 6.45) is 10.5. The molecule has 1 aromatic carbocycles. The number of rotatable bonds is 9. The maximum absolute atomic E-state index is 10.9. The molecule has 1 aliphatic rings. The Hall–Kier alpha value is -1.35. The summed E-state index contributed by atoms with van der Waals surface area (Å²) in [5.41, 5.74) is 1.65. The van der Waals surface area contributed by atoms with E-state index >= 15 is 0 Å². The molecule has 3 nitrogen and oxygen atoms in total. The lowest BCUT2D eigenvalue weighted by molar-refractivity contribution is 0.0697. The van der Waals surface area contributed by atoms with Crippen molar-refractivity contribution in [2.75, 3.05) is 13.1 Å². The maximum atomic E-state index is 10.9. The standard InChI is InChI=1S/C19H29NO2/c1-2-3-4-5-6-7-14-20-15-8-9-18(20)16-10-12-17(13-11-16)19(21)22/h10-13,18H,2-9,14-15H2,1H3,(H,21,22)/t18-/m1/s1. The van der Waals surface area contributed by atoms with Gasteiger partial charge in [-0.25, -0.2) is 4.79 Å². The van der Waals surface area contributed by atoms with Crippen molar-refractivity contribution in [2.24, 2.45) is 0 Å². The molecule has 1 fully saturated rings. The second-order valence-corrected chi connectivity index (χ2v) is 6.39. The summed E-state index contributed by atoms with van der Waals surface area (Å²) in [7, 11) is 0. The first kappa shape index (κ1) is 17.0. The van der Waals surface area contributed by atoms with Gasteiger partial charge in [0.25, 0.3) is 0 Å². The highest BCUT2D eigenvalue weighted by molar-refractivity contribution is 5.87. The fourth-order valence-electron chi connectivity index (χ4n) is 3.41. The molecule has 1 aromatic rings. The van der Waals surface area contributed by atoms with Crippen LogP contribution in [0.25, 0.3) is 0 Å². The van der Waals surface area contributed by atoms with Gasteiger partial charge in [0.1, 0.15) is 0 Å². The average Bonchev–Trinajstić information content (AvgIpc) is 2.99. The van der Waals surface area contributed by atoms with Crippen molar-refractivity contribution in [3.63, 3.8) is 0 Å². The van der Waals surface area contributed by atoms with Gasteiger partial charge in [-0.3, -0.25) is 4.90 Å². The van der Waals surface area contributed by atoms with E-state index in [2.05, 4.69) is 11.8 Å². The molecule has 0 unspecified atom stereocenters. The minimum atomic E-state index is -0.845. The molecule has 0 radical (unpaired) electrons. The van der Waals surface area contributed by atoms with Crippen molar-refractivity contribution in [1.29, 1.82) is 0 Å². The Morgan fingerprint density at radius 1 is 1.14 bits per heavy atom. The summed E-state index contributed by atoms with van der Waals surface area (Å²) in [5, 5.41) is 8.99. The quantitative estimate of drug-likeness (QED) is 0.661. The van der Waals surface area contributed by atoms with E-state index in [0.717, 1.165) is 0 Å². The lowest BCUT2D eigenvalue weighted by atomic mass is 10.0. The molecular formula is C19H29NO2. The van der Waals surface area contributed by atoms with Crippen LogP contribution >= 0.6 is 0 Å². The van der Waals surface area contributed by atoms with Gasteiger partial charge in [-0.1, -0.05) is 51.2 Å². The Bertz CT molecular complexity index is 455. The van der Waals surface area contributed by atoms with Crippen LogP contribution in [0.5, 0.6) is 0 Å². The Morgan fingerprint density at radius 2 is 1.82 bits per heavy atom. The molecule has 0 aliphatic carbocycles. The minimum absolute atomic E-state index is 0.379. The van der Waals surface area contributed by atoms with Gasteiger partial charge in [0.2, 0.25) is 0 Å². The van der Waals surface area contributed by atoms with E-state index in [-0.39, 0.29) is 0 Å². The van der Waals surface area contributed by atoms with Gasteiger partial charge in [-0.2, -0.15) is 0 Å². The van der Waals surface area contributed by atoms with Gasteiger partial charge in [0.05, 0.1) is 5.56 Å². The van der Waals surface area contributed by atoms with Crippen LogP contribution in [0.1, 0.15) is 80.3 Å². The van der Waals surface area contributed by atoms with Crippen molar-refractivity contribution in [1.82, 2.24) is 4.90 Å². The van der Waals surface area contributed by atoms with Crippen LogP contribution in [0.2, 0.25) is 0 Å². The van der Waals surface area contributed by atoms with Gasteiger partial charge >= 0.3 is 5.97 Å². The zero-order valence-corrected chi connectivity index (χ0v) is 13.8. The van der Waals surface area contributed by atoms with Crippen molar-refractivity contribution in [2.45, 2.75) is 64.3 Å². The highest BCUT2D eigenvalue weighted by Crippen LogP contribution is 2.32. The molecule has 122 valence electrons. The Morgan fingerprint density at radius 3 is 2.50 bits per heavy atom. The molecule has 22 heavy (non-hydrogen) atoms. The molecule has 1 saturated heterocycles. The second kappa shape index (κ2) is 8.94. The number of likely N-dealkylation sites (tertiary alicyclic amines) is 1. The second-order valence-electron chi connectivity index (χ2n) is 6.39. The van der Waals surface area contributed by atoms with Crippen LogP contribution in [0.3, 0.4) is 0 Å². The summed E-state index contributed by atoms with van der Waals surface area (Å²) >= 11 is 0. The third-order valence-corrected chi connectivity index (χ3v) is 4.70. The predicted molar refractivity (Wildman–Crippen MR) is 90.3 cm³/mol. The molecule has 0 amide bonds. The van der Waals surface area contributed by atoms with Gasteiger partial charge in [-0.15, -0.1) is 0 Å². The van der Waals surface area contributed by atoms with Crippen LogP contribution in [-0.2, 0) is 0 Å². The Labute approximate surface area is 134 Å². The summed E-state index contributed by atoms with van der Waals surface area (Å²) in [6, 6.07) is 7.94. The smallest absolute Gasteiger partial charge is 0.335 e. The van der Waals surface area contributed by atoms with E-state index in [1.807, 2.05) is 12.1 Å². The van der Waals surface area contributed by atoms with Gasteiger partial charge in [0, 0.05) is 6.04 Å². The molecule has 2 rings (SSSR count). The Kier molecular flexibility index (Phi) is 6.91. The lowest BCUT2D eigenvalue weighted by Crippen LogP contribution is -2.24. The molecule has 0 aromatic heterocycles. The van der Waals surface area contributed by atoms with Crippen molar-refractivity contribution in [3.05, 3.63) is 35.4 Å². The molecule has 0 bridgehead atoms. The number of carboxylic acid groups (broad SMARTS) is 1. The third kappa shape index (κ3) is 4.84. The summed E-state index contributed by atoms with van der Waals surface area (Å²) in [4.78, 5) is 13.5. The van der Waals surface area contributed by atoms with Gasteiger partial charge in [-0.05, 0) is 50.0 Å². The molecule has 3 heteroatoms. The first-order chi connectivity index (χ1) is 10.7. The summed E-state index contributed by atoms with van der Waals surface area (Å²) in [5.74, 6) is -0.845. The van der Waals surface area contributed by atoms with E-state index in [4.69, 9.17) is 5.11 Å². The van der Waals surface area contributed by atoms with Crippen LogP contribution < -0.4 is 0 Å². The first-order valence-electron chi connectivity index (χ1n) is 8.79. The fraction of sp³-hybridized carbons (Fsp3) is 0.632. The average molecular weight is 303 g/mol. The predicted octanol–water partition coefficient (Wildman–Crippen LogP) is 4.88. The monoisotopic (exact) mass is 303 g/mol. The largest absolute Gasteiger partial charge is 0.478 e. The summed E-state index contributed by atoms with van der Waals surface area (Å²) in [6.45, 7) is 4.61. The van der Waals surface area contributed by atoms with E-state index in [0.29, 0.717) is 11.6 Å². The molecule has 1 heterocycles. The van der Waals surface area contributed by atoms with E-state index in [1.54, 1.807) is 12.1 Å². The SMILES string of the molecule is CCCCCCCCN1CCC[C@@H]1c1ccc(C(=O)O)cc1. The molecular weight excluding hydrogens is 274 g/mol. The van der Waals surface area contributed by atoms with E-state index in [1.165, 1.54) is 70.0 Å². The Balaban J connectivity index is 1.81. The van der Waals surface area contributed by atoms with Crippen LogP contribution in [0, 0.1) is 0 Å². The molecule has 0 saturated carbocycles. The van der Waals surface area contributed by atoms with E-state index < -0.39 is 5.97 Å². The van der Waals surface area contributed by atoms with Gasteiger partial charge in [0.15, 0.2) is 0 Å². The number of aromatic carboxylic acids is 1. The number of benzene rings is 1. The number of hydrogen-bond acceptors (Lipinski definition) is 2. The fourth-order valence-corrected chi connectivity index (χ4v) is 3.41. The number of carboxylic acids is 1.